The van der Waals surface area contributed by atoms with Crippen molar-refractivity contribution >= 4 is 0 Å². The van der Waals surface area contributed by atoms with Crippen LogP contribution in [-0.2, 0) is 18.3 Å². The summed E-state index contributed by atoms with van der Waals surface area (Å²) in [5.41, 5.74) is 4.14. The second-order valence-electron chi connectivity index (χ2n) is 5.57. The summed E-state index contributed by atoms with van der Waals surface area (Å²) in [6.07, 6.45) is 2.39. The number of ether oxygens (including phenoxy) is 1. The van der Waals surface area contributed by atoms with Gasteiger partial charge in [0.15, 0.2) is 0 Å². The smallest absolute Gasteiger partial charge is 0.0469 e. The zero-order valence-corrected chi connectivity index (χ0v) is 12.1. The van der Waals surface area contributed by atoms with Gasteiger partial charge in [-0.3, -0.25) is 0 Å². The van der Waals surface area contributed by atoms with Crippen molar-refractivity contribution < 1.29 is 4.74 Å². The summed E-state index contributed by atoms with van der Waals surface area (Å²) in [6, 6.07) is 2.87. The van der Waals surface area contributed by atoms with Crippen LogP contribution in [-0.4, -0.2) is 23.8 Å². The molecule has 1 fully saturated rings. The fourth-order valence-electron chi connectivity index (χ4n) is 2.77. The SMILES string of the molecule is Cc1cc(CNC(C)C2CCOCC2)c(C)n1C. The van der Waals surface area contributed by atoms with Gasteiger partial charge in [0.2, 0.25) is 0 Å². The van der Waals surface area contributed by atoms with Crippen LogP contribution in [0.25, 0.3) is 0 Å². The maximum atomic E-state index is 5.42. The first-order valence-electron chi connectivity index (χ1n) is 7.02. The maximum Gasteiger partial charge on any atom is 0.0469 e. The lowest BCUT2D eigenvalue weighted by molar-refractivity contribution is 0.0558. The Morgan fingerprint density at radius 3 is 2.61 bits per heavy atom. The number of hydrogen-bond donors (Lipinski definition) is 1. The summed E-state index contributed by atoms with van der Waals surface area (Å²) >= 11 is 0. The van der Waals surface area contributed by atoms with Gasteiger partial charge in [-0.05, 0) is 51.2 Å². The molecular formula is C15H26N2O. The van der Waals surface area contributed by atoms with Gasteiger partial charge in [0.1, 0.15) is 0 Å². The molecule has 1 aliphatic rings. The van der Waals surface area contributed by atoms with E-state index in [9.17, 15) is 0 Å². The summed E-state index contributed by atoms with van der Waals surface area (Å²) in [7, 11) is 2.13. The van der Waals surface area contributed by atoms with E-state index in [0.717, 1.165) is 25.7 Å². The van der Waals surface area contributed by atoms with Crippen molar-refractivity contribution in [1.82, 2.24) is 9.88 Å². The quantitative estimate of drug-likeness (QED) is 0.889. The van der Waals surface area contributed by atoms with E-state index in [4.69, 9.17) is 4.74 Å². The Morgan fingerprint density at radius 2 is 2.06 bits per heavy atom. The fraction of sp³-hybridized carbons (Fsp3) is 0.733. The number of aromatic nitrogens is 1. The molecule has 0 aromatic carbocycles. The van der Waals surface area contributed by atoms with E-state index < -0.39 is 0 Å². The van der Waals surface area contributed by atoms with Crippen LogP contribution in [0.15, 0.2) is 6.07 Å². The van der Waals surface area contributed by atoms with Crippen molar-refractivity contribution in [3.05, 3.63) is 23.0 Å². The monoisotopic (exact) mass is 250 g/mol. The van der Waals surface area contributed by atoms with Gasteiger partial charge in [-0.1, -0.05) is 0 Å². The standard InChI is InChI=1S/C15H26N2O/c1-11-9-15(13(3)17(11)4)10-16-12(2)14-5-7-18-8-6-14/h9,12,14,16H,5-8,10H2,1-4H3. The van der Waals surface area contributed by atoms with Gasteiger partial charge in [-0.15, -0.1) is 0 Å². The molecule has 1 unspecified atom stereocenters. The molecule has 3 nitrogen and oxygen atoms in total. The molecule has 1 aromatic heterocycles. The zero-order valence-electron chi connectivity index (χ0n) is 12.1. The highest BCUT2D eigenvalue weighted by Gasteiger charge is 2.20. The predicted octanol–water partition coefficient (Wildman–Crippen LogP) is 2.55. The summed E-state index contributed by atoms with van der Waals surface area (Å²) < 4.78 is 7.68. The van der Waals surface area contributed by atoms with Gasteiger partial charge < -0.3 is 14.6 Å². The van der Waals surface area contributed by atoms with Gasteiger partial charge in [0.05, 0.1) is 0 Å². The van der Waals surface area contributed by atoms with Crippen molar-refractivity contribution in [3.8, 4) is 0 Å². The number of nitrogens with one attached hydrogen (secondary N) is 1. The third kappa shape index (κ3) is 2.96. The molecule has 2 heterocycles. The highest BCUT2D eigenvalue weighted by Crippen LogP contribution is 2.19. The van der Waals surface area contributed by atoms with E-state index in [0.29, 0.717) is 6.04 Å². The van der Waals surface area contributed by atoms with Crippen LogP contribution in [0.3, 0.4) is 0 Å². The second-order valence-corrected chi connectivity index (χ2v) is 5.57. The molecule has 1 aliphatic heterocycles. The van der Waals surface area contributed by atoms with Gasteiger partial charge in [-0.25, -0.2) is 0 Å². The summed E-state index contributed by atoms with van der Waals surface area (Å²) in [5.74, 6) is 0.767. The Hall–Kier alpha value is -0.800. The molecule has 18 heavy (non-hydrogen) atoms. The molecule has 2 rings (SSSR count). The zero-order chi connectivity index (χ0) is 13.1. The lowest BCUT2D eigenvalue weighted by atomic mass is 9.93. The minimum absolute atomic E-state index is 0.578. The molecule has 0 bridgehead atoms. The van der Waals surface area contributed by atoms with Crippen LogP contribution in [0.5, 0.6) is 0 Å². The van der Waals surface area contributed by atoms with Crippen LogP contribution < -0.4 is 5.32 Å². The second kappa shape index (κ2) is 5.89. The molecule has 3 heteroatoms. The van der Waals surface area contributed by atoms with Crippen LogP contribution in [0, 0.1) is 19.8 Å². The molecule has 0 radical (unpaired) electrons. The van der Waals surface area contributed by atoms with Crippen LogP contribution in [0.2, 0.25) is 0 Å². The minimum atomic E-state index is 0.578. The molecular weight excluding hydrogens is 224 g/mol. The third-order valence-corrected chi connectivity index (χ3v) is 4.47. The Morgan fingerprint density at radius 1 is 1.39 bits per heavy atom. The highest BCUT2D eigenvalue weighted by molar-refractivity contribution is 5.26. The summed E-state index contributed by atoms with van der Waals surface area (Å²) in [6.45, 7) is 9.51. The van der Waals surface area contributed by atoms with Crippen LogP contribution >= 0.6 is 0 Å². The molecule has 102 valence electrons. The summed E-state index contributed by atoms with van der Waals surface area (Å²) in [4.78, 5) is 0. The molecule has 1 N–H and O–H groups in total. The van der Waals surface area contributed by atoms with E-state index in [1.54, 1.807) is 0 Å². The average Bonchev–Trinajstić information content (AvgIpc) is 2.64. The predicted molar refractivity (Wildman–Crippen MR) is 74.7 cm³/mol. The van der Waals surface area contributed by atoms with Crippen molar-refractivity contribution in [2.24, 2.45) is 13.0 Å². The van der Waals surface area contributed by atoms with Crippen molar-refractivity contribution in [2.75, 3.05) is 13.2 Å². The molecule has 1 atom stereocenters. The molecule has 0 saturated carbocycles. The van der Waals surface area contributed by atoms with Gasteiger partial charge in [0, 0.05) is 44.2 Å². The van der Waals surface area contributed by atoms with Gasteiger partial charge in [0.25, 0.3) is 0 Å². The first-order chi connectivity index (χ1) is 8.59. The normalized spacial score (nSPS) is 19.1. The van der Waals surface area contributed by atoms with Crippen molar-refractivity contribution in [3.63, 3.8) is 0 Å². The largest absolute Gasteiger partial charge is 0.381 e. The number of rotatable bonds is 4. The molecule has 1 saturated heterocycles. The molecule has 0 amide bonds. The van der Waals surface area contributed by atoms with E-state index in [-0.39, 0.29) is 0 Å². The average molecular weight is 250 g/mol. The number of nitrogens with zero attached hydrogens (tertiary/aromatic N) is 1. The number of aryl methyl sites for hydroxylation is 1. The Kier molecular flexibility index (Phi) is 4.46. The lowest BCUT2D eigenvalue weighted by Gasteiger charge is -2.28. The van der Waals surface area contributed by atoms with Crippen LogP contribution in [0.4, 0.5) is 0 Å². The lowest BCUT2D eigenvalue weighted by Crippen LogP contribution is -2.36. The van der Waals surface area contributed by atoms with E-state index >= 15 is 0 Å². The van der Waals surface area contributed by atoms with E-state index in [1.807, 2.05) is 0 Å². The number of hydrogen-bond acceptors (Lipinski definition) is 2. The van der Waals surface area contributed by atoms with E-state index in [1.165, 1.54) is 29.8 Å². The van der Waals surface area contributed by atoms with Crippen LogP contribution in [0.1, 0.15) is 36.7 Å². The van der Waals surface area contributed by atoms with Crippen molar-refractivity contribution in [2.45, 2.75) is 46.2 Å². The first kappa shape index (κ1) is 13.6. The van der Waals surface area contributed by atoms with Crippen molar-refractivity contribution in [1.29, 1.82) is 0 Å². The topological polar surface area (TPSA) is 26.2 Å². The van der Waals surface area contributed by atoms with Gasteiger partial charge in [-0.2, -0.15) is 0 Å². The highest BCUT2D eigenvalue weighted by atomic mass is 16.5. The molecule has 1 aromatic rings. The third-order valence-electron chi connectivity index (χ3n) is 4.47. The fourth-order valence-corrected chi connectivity index (χ4v) is 2.77. The minimum Gasteiger partial charge on any atom is -0.381 e. The maximum absolute atomic E-state index is 5.42. The summed E-state index contributed by atoms with van der Waals surface area (Å²) in [5, 5.41) is 3.68. The Balaban J connectivity index is 1.88. The Labute approximate surface area is 111 Å². The molecule has 0 aliphatic carbocycles. The molecule has 0 spiro atoms. The first-order valence-corrected chi connectivity index (χ1v) is 7.02. The Bertz CT molecular complexity index is 391. The van der Waals surface area contributed by atoms with E-state index in [2.05, 4.69) is 43.8 Å². The van der Waals surface area contributed by atoms with Gasteiger partial charge >= 0.3 is 0 Å².